The fourth-order valence-corrected chi connectivity index (χ4v) is 1.59. The zero-order valence-electron chi connectivity index (χ0n) is 12.0. The molecule has 0 bridgehead atoms. The predicted molar refractivity (Wildman–Crippen MR) is 71.0 cm³/mol. The number of hydrogen-bond acceptors (Lipinski definition) is 3. The molecule has 6 nitrogen and oxygen atoms in total. The molecule has 1 rings (SSSR count). The monoisotopic (exact) mass is 267 g/mol. The van der Waals surface area contributed by atoms with Crippen LogP contribution in [0.4, 0.5) is 0 Å². The molecule has 0 spiro atoms. The Bertz CT molecular complexity index is 474. The Morgan fingerprint density at radius 1 is 1.47 bits per heavy atom. The molecule has 0 saturated heterocycles. The van der Waals surface area contributed by atoms with Crippen LogP contribution in [0.15, 0.2) is 12.4 Å². The summed E-state index contributed by atoms with van der Waals surface area (Å²) >= 11 is 0. The molecule has 1 heterocycles. The lowest BCUT2D eigenvalue weighted by molar-refractivity contribution is -0.141. The smallest absolute Gasteiger partial charge is 0.308 e. The van der Waals surface area contributed by atoms with Crippen LogP contribution in [0.3, 0.4) is 0 Å². The summed E-state index contributed by atoms with van der Waals surface area (Å²) in [6.45, 7) is 7.72. The van der Waals surface area contributed by atoms with Crippen molar-refractivity contribution in [3.63, 3.8) is 0 Å². The Hall–Kier alpha value is -1.85. The van der Waals surface area contributed by atoms with Crippen molar-refractivity contribution in [2.24, 2.45) is 5.92 Å². The van der Waals surface area contributed by atoms with E-state index >= 15 is 0 Å². The van der Waals surface area contributed by atoms with Gasteiger partial charge < -0.3 is 10.0 Å². The highest BCUT2D eigenvalue weighted by Gasteiger charge is 2.21. The summed E-state index contributed by atoms with van der Waals surface area (Å²) in [5.74, 6) is -1.72. The largest absolute Gasteiger partial charge is 0.481 e. The number of carbonyl (C=O) groups is 2. The molecular formula is C13H21N3O3. The predicted octanol–water partition coefficient (Wildman–Crippen LogP) is 1.43. The lowest BCUT2D eigenvalue weighted by atomic mass is 10.1. The van der Waals surface area contributed by atoms with E-state index in [9.17, 15) is 9.59 Å². The van der Waals surface area contributed by atoms with E-state index in [4.69, 9.17) is 5.11 Å². The SMILES string of the molecule is CC(CN(C)C(=O)c1cnn(C(C)(C)C)c1)C(=O)O. The minimum Gasteiger partial charge on any atom is -0.481 e. The minimum atomic E-state index is -0.912. The van der Waals surface area contributed by atoms with Gasteiger partial charge in [-0.1, -0.05) is 6.92 Å². The van der Waals surface area contributed by atoms with Crippen molar-refractivity contribution < 1.29 is 14.7 Å². The van der Waals surface area contributed by atoms with Gasteiger partial charge in [0.25, 0.3) is 5.91 Å². The number of hydrogen-bond donors (Lipinski definition) is 1. The van der Waals surface area contributed by atoms with Crippen LogP contribution in [0.25, 0.3) is 0 Å². The van der Waals surface area contributed by atoms with Crippen LogP contribution in [-0.2, 0) is 10.3 Å². The molecule has 1 aromatic rings. The summed E-state index contributed by atoms with van der Waals surface area (Å²) in [6, 6.07) is 0. The van der Waals surface area contributed by atoms with Gasteiger partial charge in [0, 0.05) is 19.8 Å². The van der Waals surface area contributed by atoms with Gasteiger partial charge in [0.1, 0.15) is 0 Å². The highest BCUT2D eigenvalue weighted by atomic mass is 16.4. The standard InChI is InChI=1S/C13H21N3O3/c1-9(12(18)19)7-15(5)11(17)10-6-14-16(8-10)13(2,3)4/h6,8-9H,7H2,1-5H3,(H,18,19). The third-order valence-electron chi connectivity index (χ3n) is 2.83. The Balaban J connectivity index is 2.78. The van der Waals surface area contributed by atoms with Gasteiger partial charge in [0.15, 0.2) is 0 Å². The van der Waals surface area contributed by atoms with Gasteiger partial charge in [0.05, 0.1) is 23.2 Å². The first-order valence-electron chi connectivity index (χ1n) is 6.16. The first-order chi connectivity index (χ1) is 8.62. The van der Waals surface area contributed by atoms with Gasteiger partial charge in [-0.2, -0.15) is 5.10 Å². The van der Waals surface area contributed by atoms with Crippen LogP contribution < -0.4 is 0 Å². The summed E-state index contributed by atoms with van der Waals surface area (Å²) in [6.07, 6.45) is 3.19. The number of nitrogens with zero attached hydrogens (tertiary/aromatic N) is 3. The first-order valence-corrected chi connectivity index (χ1v) is 6.16. The Kier molecular flexibility index (Phi) is 4.34. The maximum absolute atomic E-state index is 12.1. The lowest BCUT2D eigenvalue weighted by Gasteiger charge is -2.20. The molecule has 1 amide bonds. The van der Waals surface area contributed by atoms with E-state index < -0.39 is 11.9 Å². The molecule has 106 valence electrons. The minimum absolute atomic E-state index is 0.175. The molecule has 1 atom stereocenters. The molecule has 6 heteroatoms. The summed E-state index contributed by atoms with van der Waals surface area (Å²) in [5, 5.41) is 13.0. The molecule has 0 aliphatic heterocycles. The number of carboxylic acid groups (broad SMARTS) is 1. The third-order valence-corrected chi connectivity index (χ3v) is 2.83. The Morgan fingerprint density at radius 3 is 2.47 bits per heavy atom. The number of rotatable bonds is 4. The third kappa shape index (κ3) is 3.81. The molecule has 1 unspecified atom stereocenters. The lowest BCUT2D eigenvalue weighted by Crippen LogP contribution is -2.33. The summed E-state index contributed by atoms with van der Waals surface area (Å²) in [7, 11) is 1.59. The number of carboxylic acids is 1. The number of aromatic nitrogens is 2. The van der Waals surface area contributed by atoms with Gasteiger partial charge in [-0.05, 0) is 20.8 Å². The van der Waals surface area contributed by atoms with E-state index in [1.54, 1.807) is 24.9 Å². The van der Waals surface area contributed by atoms with Crippen LogP contribution in [0.1, 0.15) is 38.1 Å². The molecule has 1 N–H and O–H groups in total. The molecule has 0 fully saturated rings. The van der Waals surface area contributed by atoms with Gasteiger partial charge in [-0.3, -0.25) is 14.3 Å². The van der Waals surface area contributed by atoms with Crippen molar-refractivity contribution in [2.75, 3.05) is 13.6 Å². The Labute approximate surface area is 113 Å². The molecule has 0 saturated carbocycles. The molecule has 0 aromatic carbocycles. The zero-order chi connectivity index (χ0) is 14.8. The maximum atomic E-state index is 12.1. The van der Waals surface area contributed by atoms with Crippen LogP contribution in [0.2, 0.25) is 0 Å². The maximum Gasteiger partial charge on any atom is 0.308 e. The fraction of sp³-hybridized carbons (Fsp3) is 0.615. The highest BCUT2D eigenvalue weighted by molar-refractivity contribution is 5.93. The van der Waals surface area contributed by atoms with Crippen molar-refractivity contribution in [1.29, 1.82) is 0 Å². The second kappa shape index (κ2) is 5.42. The van der Waals surface area contributed by atoms with Gasteiger partial charge in [-0.15, -0.1) is 0 Å². The molecule has 19 heavy (non-hydrogen) atoms. The van der Waals surface area contributed by atoms with Gasteiger partial charge in [-0.25, -0.2) is 0 Å². The van der Waals surface area contributed by atoms with E-state index in [2.05, 4.69) is 5.10 Å². The number of aliphatic carboxylic acids is 1. The van der Waals surface area contributed by atoms with E-state index in [0.717, 1.165) is 0 Å². The van der Waals surface area contributed by atoms with E-state index in [0.29, 0.717) is 5.56 Å². The van der Waals surface area contributed by atoms with Crippen molar-refractivity contribution in [3.8, 4) is 0 Å². The molecule has 0 radical (unpaired) electrons. The summed E-state index contributed by atoms with van der Waals surface area (Å²) in [4.78, 5) is 24.3. The average Bonchev–Trinajstić information content (AvgIpc) is 2.76. The second-order valence-corrected chi connectivity index (χ2v) is 5.77. The number of amides is 1. The summed E-state index contributed by atoms with van der Waals surface area (Å²) in [5.41, 5.74) is 0.279. The fourth-order valence-electron chi connectivity index (χ4n) is 1.59. The van der Waals surface area contributed by atoms with Crippen LogP contribution in [0, 0.1) is 5.92 Å². The van der Waals surface area contributed by atoms with Gasteiger partial charge in [0.2, 0.25) is 0 Å². The van der Waals surface area contributed by atoms with Crippen molar-refractivity contribution in [1.82, 2.24) is 14.7 Å². The van der Waals surface area contributed by atoms with Crippen LogP contribution in [0.5, 0.6) is 0 Å². The first kappa shape index (κ1) is 15.2. The topological polar surface area (TPSA) is 75.4 Å². The van der Waals surface area contributed by atoms with Crippen LogP contribution in [-0.4, -0.2) is 45.3 Å². The molecule has 0 aliphatic rings. The van der Waals surface area contributed by atoms with Gasteiger partial charge >= 0.3 is 5.97 Å². The molecular weight excluding hydrogens is 246 g/mol. The van der Waals surface area contributed by atoms with E-state index in [1.165, 1.54) is 11.1 Å². The van der Waals surface area contributed by atoms with Crippen molar-refractivity contribution in [3.05, 3.63) is 18.0 Å². The van der Waals surface area contributed by atoms with Crippen molar-refractivity contribution in [2.45, 2.75) is 33.2 Å². The average molecular weight is 267 g/mol. The molecule has 1 aromatic heterocycles. The quantitative estimate of drug-likeness (QED) is 0.895. The normalized spacial score (nSPS) is 13.1. The number of carbonyl (C=O) groups excluding carboxylic acids is 1. The summed E-state index contributed by atoms with van der Waals surface area (Å²) < 4.78 is 1.72. The van der Waals surface area contributed by atoms with E-state index in [1.807, 2.05) is 20.8 Å². The van der Waals surface area contributed by atoms with E-state index in [-0.39, 0.29) is 18.0 Å². The van der Waals surface area contributed by atoms with Crippen LogP contribution >= 0.6 is 0 Å². The Morgan fingerprint density at radius 2 is 2.05 bits per heavy atom. The van der Waals surface area contributed by atoms with Crippen molar-refractivity contribution >= 4 is 11.9 Å². The second-order valence-electron chi connectivity index (χ2n) is 5.77. The zero-order valence-corrected chi connectivity index (χ0v) is 12.0. The highest BCUT2D eigenvalue weighted by Crippen LogP contribution is 2.14. The molecule has 0 aliphatic carbocycles.